The molecule has 0 unspecified atom stereocenters. The van der Waals surface area contributed by atoms with E-state index in [2.05, 4.69) is 32.3 Å². The highest BCUT2D eigenvalue weighted by Crippen LogP contribution is 2.37. The number of esters is 2. The highest BCUT2D eigenvalue weighted by Gasteiger charge is 2.26. The Labute approximate surface area is 195 Å². The lowest BCUT2D eigenvalue weighted by Gasteiger charge is -2.12. The fraction of sp³-hybridized carbons (Fsp3) is 0.150. The minimum Gasteiger partial charge on any atom is -0.493 e. The van der Waals surface area contributed by atoms with Gasteiger partial charge in [0.25, 0.3) is 0 Å². The molecule has 3 rings (SSSR count). The molecule has 156 valence electrons. The average Bonchev–Trinajstić information content (AvgIpc) is 3.08. The van der Waals surface area contributed by atoms with Crippen LogP contribution in [0, 0.1) is 3.57 Å². The maximum atomic E-state index is 12.3. The van der Waals surface area contributed by atoms with Crippen molar-refractivity contribution in [3.05, 3.63) is 60.8 Å². The summed E-state index contributed by atoms with van der Waals surface area (Å²) in [6.45, 7) is -0.330. The van der Waals surface area contributed by atoms with Crippen LogP contribution in [0.1, 0.15) is 11.1 Å². The third-order valence-corrected chi connectivity index (χ3v) is 5.18. The summed E-state index contributed by atoms with van der Waals surface area (Å²) in [4.78, 5) is 27.8. The Bertz CT molecular complexity index is 1080. The summed E-state index contributed by atoms with van der Waals surface area (Å²) >= 11 is 14.6. The van der Waals surface area contributed by atoms with Crippen LogP contribution in [0.4, 0.5) is 0 Å². The topological polar surface area (TPSA) is 83.4 Å². The summed E-state index contributed by atoms with van der Waals surface area (Å²) in [5, 5.41) is 0.598. The van der Waals surface area contributed by atoms with Crippen LogP contribution >= 0.6 is 45.8 Å². The summed E-state index contributed by atoms with van der Waals surface area (Å²) in [5.41, 5.74) is 1.11. The van der Waals surface area contributed by atoms with Gasteiger partial charge in [0.2, 0.25) is 5.90 Å². The molecule has 0 amide bonds. The second-order valence-corrected chi connectivity index (χ2v) is 7.92. The first-order valence-corrected chi connectivity index (χ1v) is 10.2. The number of nitrogens with zero attached hydrogens (tertiary/aromatic N) is 1. The highest BCUT2D eigenvalue weighted by atomic mass is 127. The Morgan fingerprint density at radius 3 is 2.67 bits per heavy atom. The minimum atomic E-state index is -0.624. The van der Waals surface area contributed by atoms with Crippen molar-refractivity contribution in [3.8, 4) is 11.5 Å². The molecule has 7 nitrogen and oxygen atoms in total. The molecule has 0 saturated heterocycles. The van der Waals surface area contributed by atoms with Gasteiger partial charge in [-0.3, -0.25) is 0 Å². The number of halogens is 3. The molecule has 1 aliphatic heterocycles. The molecule has 0 aliphatic carbocycles. The van der Waals surface area contributed by atoms with E-state index in [1.165, 1.54) is 20.3 Å². The van der Waals surface area contributed by atoms with E-state index >= 15 is 0 Å². The second-order valence-electron chi connectivity index (χ2n) is 5.86. The van der Waals surface area contributed by atoms with Gasteiger partial charge in [0.1, 0.15) is 0 Å². The number of carbonyl (C=O) groups excluding carboxylic acids is 2. The number of benzene rings is 2. The molecular weight excluding hydrogens is 548 g/mol. The molecule has 0 radical (unpaired) electrons. The summed E-state index contributed by atoms with van der Waals surface area (Å²) < 4.78 is 21.4. The summed E-state index contributed by atoms with van der Waals surface area (Å²) in [5.74, 6) is -0.624. The zero-order chi connectivity index (χ0) is 21.8. The molecule has 0 fully saturated rings. The molecule has 0 atom stereocenters. The molecule has 0 spiro atoms. The number of rotatable bonds is 6. The van der Waals surface area contributed by atoms with Gasteiger partial charge in [-0.15, -0.1) is 0 Å². The number of cyclic esters (lactones) is 1. The molecular formula is C20H14Cl2INO6. The normalized spacial score (nSPS) is 14.4. The quantitative estimate of drug-likeness (QED) is 0.293. The third-order valence-electron chi connectivity index (χ3n) is 3.90. The molecule has 0 bridgehead atoms. The van der Waals surface area contributed by atoms with Crippen LogP contribution in [-0.4, -0.2) is 38.7 Å². The van der Waals surface area contributed by atoms with E-state index in [0.29, 0.717) is 16.1 Å². The predicted octanol–water partition coefficient (Wildman–Crippen LogP) is 4.50. The Morgan fingerprint density at radius 2 is 1.97 bits per heavy atom. The Hall–Kier alpha value is -2.30. The largest absolute Gasteiger partial charge is 0.493 e. The number of hydrogen-bond donors (Lipinski definition) is 0. The molecule has 2 aromatic carbocycles. The van der Waals surface area contributed by atoms with Gasteiger partial charge in [-0.2, -0.15) is 0 Å². The van der Waals surface area contributed by atoms with Crippen LogP contribution in [0.5, 0.6) is 11.5 Å². The van der Waals surface area contributed by atoms with Crippen molar-refractivity contribution in [2.45, 2.75) is 0 Å². The number of carbonyl (C=O) groups is 2. The van der Waals surface area contributed by atoms with Crippen molar-refractivity contribution in [2.24, 2.45) is 4.99 Å². The smallest absolute Gasteiger partial charge is 0.363 e. The van der Waals surface area contributed by atoms with E-state index in [-0.39, 0.29) is 34.7 Å². The number of aliphatic imine (C=N–C) groups is 1. The SMILES string of the molecule is COC(=O)COc1c(Cl)cc(/C=C2\N=C(c3cc(I)ccc3Cl)OC2=O)cc1OC. The minimum absolute atomic E-state index is 0.0706. The zero-order valence-corrected chi connectivity index (χ0v) is 19.4. The summed E-state index contributed by atoms with van der Waals surface area (Å²) in [6.07, 6.45) is 1.50. The van der Waals surface area contributed by atoms with E-state index in [1.54, 1.807) is 24.3 Å². The maximum Gasteiger partial charge on any atom is 0.363 e. The highest BCUT2D eigenvalue weighted by molar-refractivity contribution is 14.1. The van der Waals surface area contributed by atoms with Gasteiger partial charge in [0, 0.05) is 3.57 Å². The van der Waals surface area contributed by atoms with Crippen LogP contribution in [0.2, 0.25) is 10.0 Å². The fourth-order valence-corrected chi connectivity index (χ4v) is 3.46. The van der Waals surface area contributed by atoms with Gasteiger partial charge in [0.15, 0.2) is 23.8 Å². The Morgan fingerprint density at radius 1 is 1.20 bits per heavy atom. The Balaban J connectivity index is 1.93. The van der Waals surface area contributed by atoms with Crippen molar-refractivity contribution >= 4 is 69.7 Å². The van der Waals surface area contributed by atoms with E-state index in [0.717, 1.165) is 3.57 Å². The van der Waals surface area contributed by atoms with E-state index in [1.807, 2.05) is 6.07 Å². The predicted molar refractivity (Wildman–Crippen MR) is 120 cm³/mol. The van der Waals surface area contributed by atoms with E-state index in [4.69, 9.17) is 37.4 Å². The lowest BCUT2D eigenvalue weighted by atomic mass is 10.1. The van der Waals surface area contributed by atoms with E-state index in [9.17, 15) is 9.59 Å². The first kappa shape index (κ1) is 22.4. The van der Waals surface area contributed by atoms with Gasteiger partial charge in [-0.25, -0.2) is 14.6 Å². The number of methoxy groups -OCH3 is 2. The van der Waals surface area contributed by atoms with Crippen molar-refractivity contribution in [1.82, 2.24) is 0 Å². The Kier molecular flexibility index (Phi) is 7.22. The van der Waals surface area contributed by atoms with Crippen LogP contribution in [0.3, 0.4) is 0 Å². The molecule has 1 heterocycles. The summed E-state index contributed by atoms with van der Waals surface area (Å²) in [7, 11) is 2.67. The standard InChI is InChI=1S/C20H14Cl2INO6/c1-27-16-7-10(5-14(22)18(16)29-9-17(25)28-2)6-15-20(26)30-19(24-15)12-8-11(23)3-4-13(12)21/h3-8H,9H2,1-2H3/b15-6-. The molecule has 30 heavy (non-hydrogen) atoms. The van der Waals surface area contributed by atoms with Gasteiger partial charge >= 0.3 is 11.9 Å². The van der Waals surface area contributed by atoms with Crippen LogP contribution in [-0.2, 0) is 19.1 Å². The lowest BCUT2D eigenvalue weighted by molar-refractivity contribution is -0.143. The van der Waals surface area contributed by atoms with Gasteiger partial charge in [-0.1, -0.05) is 23.2 Å². The molecule has 0 aromatic heterocycles. The van der Waals surface area contributed by atoms with Crippen molar-refractivity contribution < 1.29 is 28.5 Å². The summed E-state index contributed by atoms with van der Waals surface area (Å²) in [6, 6.07) is 8.44. The van der Waals surface area contributed by atoms with Crippen molar-refractivity contribution in [3.63, 3.8) is 0 Å². The fourth-order valence-electron chi connectivity index (χ4n) is 2.50. The van der Waals surface area contributed by atoms with Gasteiger partial charge < -0.3 is 18.9 Å². The monoisotopic (exact) mass is 561 g/mol. The van der Waals surface area contributed by atoms with Crippen LogP contribution in [0.25, 0.3) is 6.08 Å². The van der Waals surface area contributed by atoms with Gasteiger partial charge in [0.05, 0.1) is 29.8 Å². The first-order valence-electron chi connectivity index (χ1n) is 8.37. The van der Waals surface area contributed by atoms with Gasteiger partial charge in [-0.05, 0) is 64.6 Å². The van der Waals surface area contributed by atoms with Crippen LogP contribution in [0.15, 0.2) is 41.0 Å². The number of hydrogen-bond acceptors (Lipinski definition) is 7. The molecule has 10 heteroatoms. The lowest BCUT2D eigenvalue weighted by Crippen LogP contribution is -2.13. The van der Waals surface area contributed by atoms with Crippen molar-refractivity contribution in [1.29, 1.82) is 0 Å². The maximum absolute atomic E-state index is 12.3. The second kappa shape index (κ2) is 9.67. The zero-order valence-electron chi connectivity index (χ0n) is 15.7. The van der Waals surface area contributed by atoms with Crippen LogP contribution < -0.4 is 9.47 Å². The molecule has 2 aromatic rings. The van der Waals surface area contributed by atoms with E-state index < -0.39 is 11.9 Å². The third kappa shape index (κ3) is 5.05. The number of ether oxygens (including phenoxy) is 4. The molecule has 0 N–H and O–H groups in total. The van der Waals surface area contributed by atoms with Crippen molar-refractivity contribution in [2.75, 3.05) is 20.8 Å². The molecule has 0 saturated carbocycles. The molecule has 1 aliphatic rings. The average molecular weight is 562 g/mol. The first-order chi connectivity index (χ1) is 14.3.